The zero-order valence-electron chi connectivity index (χ0n) is 8.79. The van der Waals surface area contributed by atoms with Crippen molar-refractivity contribution in [1.82, 2.24) is 0 Å². The number of rotatable bonds is 5. The van der Waals surface area contributed by atoms with Gasteiger partial charge in [-0.3, -0.25) is 0 Å². The molecular formula is C12H20Si. The van der Waals surface area contributed by atoms with E-state index in [1.165, 1.54) is 19.3 Å². The van der Waals surface area contributed by atoms with E-state index >= 15 is 0 Å². The van der Waals surface area contributed by atoms with Crippen molar-refractivity contribution in [2.45, 2.75) is 38.7 Å². The zero-order chi connectivity index (χ0) is 9.52. The lowest BCUT2D eigenvalue weighted by Gasteiger charge is -2.09. The molecule has 0 amide bonds. The van der Waals surface area contributed by atoms with Gasteiger partial charge in [-0.1, -0.05) is 68.6 Å². The van der Waals surface area contributed by atoms with Crippen molar-refractivity contribution < 1.29 is 0 Å². The van der Waals surface area contributed by atoms with Crippen molar-refractivity contribution in [2.75, 3.05) is 0 Å². The minimum Gasteiger partial charge on any atom is -0.0667 e. The van der Waals surface area contributed by atoms with Gasteiger partial charge < -0.3 is 0 Å². The number of hydrogen-bond donors (Lipinski definition) is 0. The Morgan fingerprint density at radius 1 is 1.23 bits per heavy atom. The largest absolute Gasteiger partial charge is 0.0667 e. The summed E-state index contributed by atoms with van der Waals surface area (Å²) in [5.41, 5.74) is 0.974. The van der Waals surface area contributed by atoms with Crippen molar-refractivity contribution >= 4 is 14.7 Å². The minimum atomic E-state index is -0.00735. The van der Waals surface area contributed by atoms with E-state index in [2.05, 4.69) is 44.2 Å². The minimum absolute atomic E-state index is 0.00735. The van der Waals surface area contributed by atoms with Gasteiger partial charge in [-0.15, -0.1) is 0 Å². The Morgan fingerprint density at radius 3 is 2.54 bits per heavy atom. The molecule has 0 fully saturated rings. The van der Waals surface area contributed by atoms with Gasteiger partial charge in [-0.25, -0.2) is 0 Å². The summed E-state index contributed by atoms with van der Waals surface area (Å²) < 4.78 is 0. The van der Waals surface area contributed by atoms with Gasteiger partial charge in [-0.2, -0.15) is 0 Å². The maximum atomic E-state index is 2.41. The van der Waals surface area contributed by atoms with Gasteiger partial charge in [0, 0.05) is 0 Å². The number of benzene rings is 1. The topological polar surface area (TPSA) is 0 Å². The van der Waals surface area contributed by atoms with E-state index in [0.717, 1.165) is 5.54 Å². The fourth-order valence-corrected chi connectivity index (χ4v) is 3.51. The van der Waals surface area contributed by atoms with Crippen molar-refractivity contribution in [2.24, 2.45) is 0 Å². The predicted molar refractivity (Wildman–Crippen MR) is 63.6 cm³/mol. The molecule has 1 rings (SSSR count). The molecule has 0 nitrogen and oxygen atoms in total. The number of unbranched alkanes of at least 4 members (excludes halogenated alkanes) is 1. The highest BCUT2D eigenvalue weighted by molar-refractivity contribution is 6.54. The van der Waals surface area contributed by atoms with Gasteiger partial charge in [0.2, 0.25) is 0 Å². The molecule has 0 aliphatic carbocycles. The van der Waals surface area contributed by atoms with Crippen LogP contribution >= 0.6 is 0 Å². The van der Waals surface area contributed by atoms with Crippen LogP contribution in [0.15, 0.2) is 30.3 Å². The third kappa shape index (κ3) is 4.27. The molecule has 0 aromatic heterocycles. The van der Waals surface area contributed by atoms with Crippen LogP contribution in [-0.4, -0.2) is 9.52 Å². The standard InChI is InChI=1S/C12H20Si/c1-3-4-8-11(2)13-12-9-6-5-7-10-12/h5-7,9-11H,3-4,8,13H2,1-2H3/t11-/m0/s1. The molecule has 0 spiro atoms. The molecule has 1 aromatic carbocycles. The first-order valence-corrected chi connectivity index (χ1v) is 6.89. The average molecular weight is 192 g/mol. The fourth-order valence-electron chi connectivity index (χ4n) is 1.67. The van der Waals surface area contributed by atoms with E-state index in [1.807, 2.05) is 0 Å². The normalized spacial score (nSPS) is 13.7. The lowest BCUT2D eigenvalue weighted by Crippen LogP contribution is -2.17. The Bertz CT molecular complexity index is 218. The van der Waals surface area contributed by atoms with Crippen molar-refractivity contribution in [1.29, 1.82) is 0 Å². The summed E-state index contributed by atoms with van der Waals surface area (Å²) in [6.45, 7) is 4.69. The van der Waals surface area contributed by atoms with E-state index in [0.29, 0.717) is 0 Å². The third-order valence-electron chi connectivity index (χ3n) is 2.48. The van der Waals surface area contributed by atoms with Crippen molar-refractivity contribution in [3.8, 4) is 0 Å². The van der Waals surface area contributed by atoms with Gasteiger partial charge in [0.1, 0.15) is 0 Å². The Morgan fingerprint density at radius 2 is 1.92 bits per heavy atom. The van der Waals surface area contributed by atoms with Gasteiger partial charge in [0.15, 0.2) is 0 Å². The summed E-state index contributed by atoms with van der Waals surface area (Å²) in [5.74, 6) is 0. The van der Waals surface area contributed by atoms with Crippen LogP contribution in [0, 0.1) is 0 Å². The van der Waals surface area contributed by atoms with E-state index in [9.17, 15) is 0 Å². The highest BCUT2D eigenvalue weighted by atomic mass is 28.2. The Labute approximate surface area is 84.2 Å². The van der Waals surface area contributed by atoms with Crippen LogP contribution in [0.2, 0.25) is 5.54 Å². The molecule has 0 N–H and O–H groups in total. The highest BCUT2D eigenvalue weighted by Gasteiger charge is 2.02. The summed E-state index contributed by atoms with van der Waals surface area (Å²) >= 11 is 0. The summed E-state index contributed by atoms with van der Waals surface area (Å²) in [6, 6.07) is 11.0. The van der Waals surface area contributed by atoms with Gasteiger partial charge >= 0.3 is 0 Å². The second kappa shape index (κ2) is 5.98. The molecule has 0 unspecified atom stereocenters. The monoisotopic (exact) mass is 192 g/mol. The lowest BCUT2D eigenvalue weighted by molar-refractivity contribution is 0.698. The smallest absolute Gasteiger partial charge is 0.0575 e. The van der Waals surface area contributed by atoms with Gasteiger partial charge in [0.25, 0.3) is 0 Å². The van der Waals surface area contributed by atoms with E-state index in [-0.39, 0.29) is 9.52 Å². The molecular weight excluding hydrogens is 172 g/mol. The van der Waals surface area contributed by atoms with E-state index in [1.54, 1.807) is 5.19 Å². The molecule has 1 heteroatoms. The van der Waals surface area contributed by atoms with Crippen LogP contribution in [0.1, 0.15) is 33.1 Å². The Kier molecular flexibility index (Phi) is 4.84. The first kappa shape index (κ1) is 10.5. The Hall–Kier alpha value is -0.563. The summed E-state index contributed by atoms with van der Waals surface area (Å²) in [5, 5.41) is 1.62. The highest BCUT2D eigenvalue weighted by Crippen LogP contribution is 2.11. The van der Waals surface area contributed by atoms with Crippen molar-refractivity contribution in [3.05, 3.63) is 30.3 Å². The molecule has 0 bridgehead atoms. The van der Waals surface area contributed by atoms with Crippen LogP contribution in [0.4, 0.5) is 0 Å². The zero-order valence-corrected chi connectivity index (χ0v) is 10.2. The van der Waals surface area contributed by atoms with Crippen LogP contribution in [0.5, 0.6) is 0 Å². The van der Waals surface area contributed by atoms with Crippen LogP contribution < -0.4 is 5.19 Å². The van der Waals surface area contributed by atoms with Crippen LogP contribution in [0.25, 0.3) is 0 Å². The molecule has 72 valence electrons. The molecule has 0 saturated carbocycles. The SMILES string of the molecule is CCCC[C@H](C)[SiH2]c1ccccc1. The maximum absolute atomic E-state index is 2.41. The molecule has 1 atom stereocenters. The average Bonchev–Trinajstić information content (AvgIpc) is 2.16. The quantitative estimate of drug-likeness (QED) is 0.629. The van der Waals surface area contributed by atoms with Gasteiger partial charge in [0.05, 0.1) is 9.52 Å². The molecule has 0 aliphatic rings. The molecule has 0 aliphatic heterocycles. The first-order valence-electron chi connectivity index (χ1n) is 5.37. The lowest BCUT2D eigenvalue weighted by atomic mass is 10.2. The van der Waals surface area contributed by atoms with E-state index in [4.69, 9.17) is 0 Å². The Balaban J connectivity index is 2.32. The summed E-state index contributed by atoms with van der Waals surface area (Å²) in [4.78, 5) is 0. The van der Waals surface area contributed by atoms with Crippen molar-refractivity contribution in [3.63, 3.8) is 0 Å². The third-order valence-corrected chi connectivity index (χ3v) is 4.53. The van der Waals surface area contributed by atoms with Crippen LogP contribution in [0.3, 0.4) is 0 Å². The maximum Gasteiger partial charge on any atom is 0.0575 e. The number of hydrogen-bond acceptors (Lipinski definition) is 0. The molecule has 13 heavy (non-hydrogen) atoms. The molecule has 0 radical (unpaired) electrons. The predicted octanol–water partition coefficient (Wildman–Crippen LogP) is 2.48. The summed E-state index contributed by atoms with van der Waals surface area (Å²) in [7, 11) is -0.00735. The second-order valence-electron chi connectivity index (χ2n) is 3.94. The fraction of sp³-hybridized carbons (Fsp3) is 0.500. The second-order valence-corrected chi connectivity index (χ2v) is 6.56. The van der Waals surface area contributed by atoms with Crippen LogP contribution in [-0.2, 0) is 0 Å². The molecule has 0 heterocycles. The molecule has 1 aromatic rings. The summed E-state index contributed by atoms with van der Waals surface area (Å²) in [6.07, 6.45) is 4.17. The van der Waals surface area contributed by atoms with E-state index < -0.39 is 0 Å². The molecule has 0 saturated heterocycles. The van der Waals surface area contributed by atoms with Gasteiger partial charge in [-0.05, 0) is 5.54 Å². The first-order chi connectivity index (χ1) is 6.33.